The Morgan fingerprint density at radius 1 is 1.37 bits per heavy atom. The summed E-state index contributed by atoms with van der Waals surface area (Å²) < 4.78 is 26.5. The predicted octanol–water partition coefficient (Wildman–Crippen LogP) is 2.44. The van der Waals surface area contributed by atoms with Gasteiger partial charge in [0.2, 0.25) is 0 Å². The summed E-state index contributed by atoms with van der Waals surface area (Å²) in [6, 6.07) is 1.39. The molecule has 0 aromatic heterocycles. The lowest BCUT2D eigenvalue weighted by Crippen LogP contribution is -2.35. The van der Waals surface area contributed by atoms with Gasteiger partial charge in [0.05, 0.1) is 5.69 Å². The average Bonchev–Trinajstić information content (AvgIpc) is 2.65. The van der Waals surface area contributed by atoms with Crippen LogP contribution in [0.2, 0.25) is 0 Å². The van der Waals surface area contributed by atoms with Gasteiger partial charge in [-0.05, 0) is 18.1 Å². The van der Waals surface area contributed by atoms with Crippen molar-refractivity contribution in [2.45, 2.75) is 26.3 Å². The van der Waals surface area contributed by atoms with Gasteiger partial charge in [-0.15, -0.1) is 0 Å². The summed E-state index contributed by atoms with van der Waals surface area (Å²) in [5, 5.41) is 2.52. The Bertz CT molecular complexity index is 533. The first-order valence-corrected chi connectivity index (χ1v) is 6.05. The molecule has 2 rings (SSSR count). The molecular weight excluding hydrogens is 254 g/mol. The maximum atomic E-state index is 13.6. The number of imide groups is 1. The van der Waals surface area contributed by atoms with Crippen molar-refractivity contribution in [2.24, 2.45) is 5.92 Å². The van der Waals surface area contributed by atoms with E-state index in [4.69, 9.17) is 0 Å². The van der Waals surface area contributed by atoms with Crippen LogP contribution in [-0.4, -0.2) is 18.0 Å². The van der Waals surface area contributed by atoms with E-state index in [1.807, 2.05) is 13.8 Å². The Morgan fingerprint density at radius 2 is 2.05 bits per heavy atom. The molecule has 2 unspecified atom stereocenters. The molecule has 4 nitrogen and oxygen atoms in total. The number of rotatable bonds is 3. The third-order valence-corrected chi connectivity index (χ3v) is 3.33. The highest BCUT2D eigenvalue weighted by atomic mass is 19.1. The second-order valence-corrected chi connectivity index (χ2v) is 4.58. The Labute approximate surface area is 109 Å². The van der Waals surface area contributed by atoms with Crippen molar-refractivity contribution in [3.63, 3.8) is 0 Å². The van der Waals surface area contributed by atoms with Gasteiger partial charge in [-0.3, -0.25) is 4.79 Å². The van der Waals surface area contributed by atoms with Gasteiger partial charge in [-0.2, -0.15) is 0 Å². The van der Waals surface area contributed by atoms with Gasteiger partial charge in [0.15, 0.2) is 0 Å². The highest BCUT2D eigenvalue weighted by Crippen LogP contribution is 2.26. The van der Waals surface area contributed by atoms with Crippen LogP contribution in [0.3, 0.4) is 0 Å². The Hall–Kier alpha value is -1.98. The fourth-order valence-corrected chi connectivity index (χ4v) is 2.01. The summed E-state index contributed by atoms with van der Waals surface area (Å²) in [5.41, 5.74) is -0.227. The van der Waals surface area contributed by atoms with E-state index in [1.165, 1.54) is 0 Å². The molecule has 0 bridgehead atoms. The van der Waals surface area contributed by atoms with E-state index in [1.54, 1.807) is 0 Å². The number of carbonyl (C=O) groups excluding carboxylic acids is 2. The van der Waals surface area contributed by atoms with Crippen molar-refractivity contribution in [1.82, 2.24) is 5.32 Å². The molecule has 1 aromatic carbocycles. The number of hydrogen-bond donors (Lipinski definition) is 1. The molecule has 0 saturated carbocycles. The number of halogens is 2. The van der Waals surface area contributed by atoms with Crippen molar-refractivity contribution in [3.8, 4) is 0 Å². The van der Waals surface area contributed by atoms with Crippen LogP contribution in [0, 0.1) is 17.6 Å². The normalized spacial score (nSPS) is 20.6. The smallest absolute Gasteiger partial charge is 0.325 e. The zero-order valence-electron chi connectivity index (χ0n) is 10.6. The van der Waals surface area contributed by atoms with Crippen LogP contribution < -0.4 is 10.2 Å². The zero-order chi connectivity index (χ0) is 14.2. The quantitative estimate of drug-likeness (QED) is 0.856. The molecule has 0 spiro atoms. The molecule has 1 aliphatic heterocycles. The summed E-state index contributed by atoms with van der Waals surface area (Å²) in [6.45, 7) is 3.72. The number of benzene rings is 1. The molecule has 1 N–H and O–H groups in total. The van der Waals surface area contributed by atoms with Crippen molar-refractivity contribution >= 4 is 17.6 Å². The van der Waals surface area contributed by atoms with Gasteiger partial charge >= 0.3 is 6.03 Å². The molecule has 3 amide bonds. The minimum atomic E-state index is -0.937. The molecule has 1 fully saturated rings. The summed E-state index contributed by atoms with van der Waals surface area (Å²) >= 11 is 0. The molecule has 6 heteroatoms. The standard InChI is InChI=1S/C13H14F2N2O2/c1-3-7(2)11-12(18)17(13(19)16-11)10-5-4-8(14)6-9(10)15/h4-7,11H,3H2,1-2H3,(H,16,19). The van der Waals surface area contributed by atoms with E-state index in [-0.39, 0.29) is 11.6 Å². The van der Waals surface area contributed by atoms with Crippen molar-refractivity contribution in [3.05, 3.63) is 29.8 Å². The summed E-state index contributed by atoms with van der Waals surface area (Å²) in [4.78, 5) is 24.7. The molecule has 102 valence electrons. The Morgan fingerprint density at radius 3 is 2.63 bits per heavy atom. The minimum Gasteiger partial charge on any atom is -0.325 e. The van der Waals surface area contributed by atoms with E-state index < -0.39 is 29.6 Å². The minimum absolute atomic E-state index is 0.0510. The third kappa shape index (κ3) is 2.30. The van der Waals surface area contributed by atoms with Crippen LogP contribution in [-0.2, 0) is 4.79 Å². The first-order chi connectivity index (χ1) is 8.95. The first kappa shape index (κ1) is 13.5. The second kappa shape index (κ2) is 4.95. The molecule has 19 heavy (non-hydrogen) atoms. The largest absolute Gasteiger partial charge is 0.329 e. The van der Waals surface area contributed by atoms with Crippen molar-refractivity contribution < 1.29 is 18.4 Å². The summed E-state index contributed by atoms with van der Waals surface area (Å²) in [5.74, 6) is -2.25. The van der Waals surface area contributed by atoms with Gasteiger partial charge < -0.3 is 5.32 Å². The van der Waals surface area contributed by atoms with E-state index >= 15 is 0 Å². The van der Waals surface area contributed by atoms with Gasteiger partial charge in [0.25, 0.3) is 5.91 Å². The number of urea groups is 1. The second-order valence-electron chi connectivity index (χ2n) is 4.58. The number of anilines is 1. The van der Waals surface area contributed by atoms with Crippen LogP contribution in [0.15, 0.2) is 18.2 Å². The molecule has 1 saturated heterocycles. The lowest BCUT2D eigenvalue weighted by Gasteiger charge is -2.16. The Kier molecular flexibility index (Phi) is 3.50. The molecule has 1 aromatic rings. The fourth-order valence-electron chi connectivity index (χ4n) is 2.01. The zero-order valence-corrected chi connectivity index (χ0v) is 10.6. The lowest BCUT2D eigenvalue weighted by molar-refractivity contribution is -0.119. The topological polar surface area (TPSA) is 49.4 Å². The van der Waals surface area contributed by atoms with E-state index in [0.717, 1.165) is 17.0 Å². The summed E-state index contributed by atoms with van der Waals surface area (Å²) in [7, 11) is 0. The van der Waals surface area contributed by atoms with Gasteiger partial charge in [-0.25, -0.2) is 18.5 Å². The van der Waals surface area contributed by atoms with E-state index in [0.29, 0.717) is 12.5 Å². The SMILES string of the molecule is CCC(C)C1NC(=O)N(c2ccc(F)cc2F)C1=O. The van der Waals surface area contributed by atoms with E-state index in [9.17, 15) is 18.4 Å². The number of hydrogen-bond acceptors (Lipinski definition) is 2. The molecule has 2 atom stereocenters. The van der Waals surface area contributed by atoms with Gasteiger partial charge in [0.1, 0.15) is 17.7 Å². The highest BCUT2D eigenvalue weighted by molar-refractivity contribution is 6.21. The fraction of sp³-hybridized carbons (Fsp3) is 0.385. The number of nitrogens with one attached hydrogen (secondary N) is 1. The average molecular weight is 268 g/mol. The molecule has 0 radical (unpaired) electrons. The molecule has 1 aliphatic rings. The van der Waals surface area contributed by atoms with Gasteiger partial charge in [0, 0.05) is 6.07 Å². The van der Waals surface area contributed by atoms with E-state index in [2.05, 4.69) is 5.32 Å². The van der Waals surface area contributed by atoms with Crippen LogP contribution in [0.4, 0.5) is 19.3 Å². The predicted molar refractivity (Wildman–Crippen MR) is 65.6 cm³/mol. The van der Waals surface area contributed by atoms with Crippen LogP contribution in [0.5, 0.6) is 0 Å². The van der Waals surface area contributed by atoms with Gasteiger partial charge in [-0.1, -0.05) is 20.3 Å². The maximum Gasteiger partial charge on any atom is 0.329 e. The monoisotopic (exact) mass is 268 g/mol. The molecule has 1 heterocycles. The van der Waals surface area contributed by atoms with Crippen molar-refractivity contribution in [1.29, 1.82) is 0 Å². The van der Waals surface area contributed by atoms with Crippen LogP contribution in [0.1, 0.15) is 20.3 Å². The first-order valence-electron chi connectivity index (χ1n) is 6.05. The number of nitrogens with zero attached hydrogens (tertiary/aromatic N) is 1. The lowest BCUT2D eigenvalue weighted by atomic mass is 9.99. The van der Waals surface area contributed by atoms with Crippen LogP contribution in [0.25, 0.3) is 0 Å². The molecular formula is C13H14F2N2O2. The Balaban J connectivity index is 2.35. The summed E-state index contributed by atoms with van der Waals surface area (Å²) in [6.07, 6.45) is 0.705. The third-order valence-electron chi connectivity index (χ3n) is 3.33. The number of amides is 3. The number of carbonyl (C=O) groups is 2. The highest BCUT2D eigenvalue weighted by Gasteiger charge is 2.42. The van der Waals surface area contributed by atoms with Crippen molar-refractivity contribution in [2.75, 3.05) is 4.90 Å². The molecule has 0 aliphatic carbocycles. The maximum absolute atomic E-state index is 13.6. The van der Waals surface area contributed by atoms with Crippen LogP contribution >= 0.6 is 0 Å².